The number of para-hydroxylation sites is 1. The number of carboxylic acids is 1. The van der Waals surface area contributed by atoms with Gasteiger partial charge in [0.1, 0.15) is 12.4 Å². The Labute approximate surface area is 232 Å². The van der Waals surface area contributed by atoms with Gasteiger partial charge in [-0.1, -0.05) is 78.5 Å². The zero-order valence-electron chi connectivity index (χ0n) is 24.0. The number of Topliss-reactive ketones (excluding diaryl/α,β-unsaturated/α-hetero) is 2. The van der Waals surface area contributed by atoms with Crippen molar-refractivity contribution < 1.29 is 19.5 Å². The van der Waals surface area contributed by atoms with Crippen LogP contribution in [0.1, 0.15) is 75.9 Å². The zero-order chi connectivity index (χ0) is 28.9. The van der Waals surface area contributed by atoms with Gasteiger partial charge >= 0.3 is 5.97 Å². The number of hydrazone groups is 1. The quantitative estimate of drug-likeness (QED) is 0.372. The fraction of sp³-hybridized carbons (Fsp3) is 0.438. The number of nitrogens with zero attached hydrogens (tertiary/aromatic N) is 3. The van der Waals surface area contributed by atoms with E-state index in [0.717, 1.165) is 22.5 Å². The number of carboxylic acid groups (broad SMARTS) is 1. The second-order valence-corrected chi connectivity index (χ2v) is 11.8. The molecule has 0 aliphatic carbocycles. The lowest BCUT2D eigenvalue weighted by Gasteiger charge is -2.32. The third-order valence-electron chi connectivity index (χ3n) is 6.99. The molecule has 0 bridgehead atoms. The van der Waals surface area contributed by atoms with E-state index in [4.69, 9.17) is 5.10 Å². The lowest BCUT2D eigenvalue weighted by Crippen LogP contribution is -2.40. The van der Waals surface area contributed by atoms with Crippen molar-refractivity contribution >= 4 is 28.9 Å². The number of rotatable bonds is 11. The lowest BCUT2D eigenvalue weighted by atomic mass is 9.90. The monoisotopic (exact) mass is 531 g/mol. The zero-order valence-corrected chi connectivity index (χ0v) is 24.0. The number of aromatic carboxylic acids is 1. The number of hydrogen-bond acceptors (Lipinski definition) is 6. The highest BCUT2D eigenvalue weighted by atomic mass is 16.4. The predicted octanol–water partition coefficient (Wildman–Crippen LogP) is 6.18. The maximum atomic E-state index is 13.4. The van der Waals surface area contributed by atoms with Crippen LogP contribution in [0.4, 0.5) is 5.69 Å². The van der Waals surface area contributed by atoms with Gasteiger partial charge in [-0.25, -0.2) is 9.80 Å². The summed E-state index contributed by atoms with van der Waals surface area (Å²) in [7, 11) is 0. The van der Waals surface area contributed by atoms with Crippen LogP contribution < -0.4 is 4.90 Å². The Kier molecular flexibility index (Phi) is 9.49. The summed E-state index contributed by atoms with van der Waals surface area (Å²) < 4.78 is 0. The third-order valence-corrected chi connectivity index (χ3v) is 6.99. The Bertz CT molecular complexity index is 1270. The Hall–Kier alpha value is -3.74. The summed E-state index contributed by atoms with van der Waals surface area (Å²) in [6, 6.07) is 14.7. The van der Waals surface area contributed by atoms with Gasteiger partial charge in [0.05, 0.1) is 23.5 Å². The Morgan fingerprint density at radius 3 is 2.33 bits per heavy atom. The van der Waals surface area contributed by atoms with E-state index in [0.29, 0.717) is 31.0 Å². The number of anilines is 1. The molecule has 3 rings (SSSR count). The van der Waals surface area contributed by atoms with E-state index >= 15 is 0 Å². The molecule has 0 fully saturated rings. The van der Waals surface area contributed by atoms with Crippen LogP contribution in [0.2, 0.25) is 0 Å². The van der Waals surface area contributed by atoms with Crippen molar-refractivity contribution in [3.05, 3.63) is 77.6 Å². The minimum atomic E-state index is -0.966. The minimum absolute atomic E-state index is 0.00578. The summed E-state index contributed by atoms with van der Waals surface area (Å²) in [6.45, 7) is 16.3. The predicted molar refractivity (Wildman–Crippen MR) is 156 cm³/mol. The number of carbonyl (C=O) groups is 3. The second-order valence-electron chi connectivity index (χ2n) is 11.8. The molecule has 0 radical (unpaired) electrons. The average Bonchev–Trinajstić information content (AvgIpc) is 2.97. The molecular formula is C32H41N3O4. The summed E-state index contributed by atoms with van der Waals surface area (Å²) in [5.74, 6) is -0.337. The normalized spacial score (nSPS) is 14.5. The summed E-state index contributed by atoms with van der Waals surface area (Å²) in [4.78, 5) is 39.7. The van der Waals surface area contributed by atoms with E-state index < -0.39 is 11.4 Å². The molecule has 1 unspecified atom stereocenters. The van der Waals surface area contributed by atoms with Gasteiger partial charge in [0.2, 0.25) is 0 Å². The molecule has 1 N–H and O–H groups in total. The van der Waals surface area contributed by atoms with E-state index in [9.17, 15) is 19.5 Å². The first-order chi connectivity index (χ1) is 18.3. The molecule has 1 heterocycles. The van der Waals surface area contributed by atoms with Crippen molar-refractivity contribution in [3.63, 3.8) is 0 Å². The average molecular weight is 532 g/mol. The Morgan fingerprint density at radius 1 is 1.00 bits per heavy atom. The van der Waals surface area contributed by atoms with Gasteiger partial charge in [0.25, 0.3) is 0 Å². The summed E-state index contributed by atoms with van der Waals surface area (Å²) in [6.07, 6.45) is 1.89. The van der Waals surface area contributed by atoms with Crippen molar-refractivity contribution in [2.45, 2.75) is 60.8 Å². The molecule has 1 aliphatic rings. The molecular weight excluding hydrogens is 490 g/mol. The highest BCUT2D eigenvalue weighted by molar-refractivity contribution is 6.06. The molecule has 7 heteroatoms. The van der Waals surface area contributed by atoms with Crippen molar-refractivity contribution in [2.75, 3.05) is 18.0 Å². The van der Waals surface area contributed by atoms with Crippen LogP contribution in [0.15, 0.2) is 66.0 Å². The number of benzene rings is 2. The smallest absolute Gasteiger partial charge is 0.335 e. The molecule has 2 aromatic carbocycles. The number of hydrogen-bond donors (Lipinski definition) is 1. The van der Waals surface area contributed by atoms with Crippen molar-refractivity contribution in [2.24, 2.45) is 22.4 Å². The lowest BCUT2D eigenvalue weighted by molar-refractivity contribution is -0.124. The molecule has 2 aromatic rings. The summed E-state index contributed by atoms with van der Waals surface area (Å²) in [5.41, 5.74) is 3.25. The number of carbonyl (C=O) groups excluding carboxylic acids is 2. The molecule has 0 amide bonds. The molecule has 0 aromatic heterocycles. The maximum absolute atomic E-state index is 13.4. The maximum Gasteiger partial charge on any atom is 0.335 e. The fourth-order valence-electron chi connectivity index (χ4n) is 4.42. The van der Waals surface area contributed by atoms with Gasteiger partial charge in [0.15, 0.2) is 11.6 Å². The Morgan fingerprint density at radius 2 is 1.69 bits per heavy atom. The number of ketones is 2. The van der Waals surface area contributed by atoms with Crippen molar-refractivity contribution in [1.29, 1.82) is 0 Å². The SMILES string of the molecule is C=C1N(CC(=O)C(C)CCc2cccc(C(=O)O)c2)N=C(CC(C)C)c2ccccc2N1CC(=O)C(C)(C)C. The standard InChI is InChI=1S/C32H41N3O4/c1-21(2)17-27-26-13-8-9-14-28(26)34(20-30(37)32(5,6)7)23(4)35(33-27)19-29(36)22(3)15-16-24-11-10-12-25(18-24)31(38)39/h8-14,18,21-22H,4,15-17,19-20H2,1-3,5-7H3,(H,38,39). The van der Waals surface area contributed by atoms with Crippen LogP contribution in [-0.2, 0) is 16.0 Å². The first-order valence-corrected chi connectivity index (χ1v) is 13.6. The van der Waals surface area contributed by atoms with Crippen LogP contribution >= 0.6 is 0 Å². The van der Waals surface area contributed by atoms with Gasteiger partial charge in [-0.2, -0.15) is 5.10 Å². The minimum Gasteiger partial charge on any atom is -0.478 e. The van der Waals surface area contributed by atoms with E-state index in [-0.39, 0.29) is 36.1 Å². The number of fused-ring (bicyclic) bond motifs is 1. The van der Waals surface area contributed by atoms with Gasteiger partial charge in [-0.15, -0.1) is 0 Å². The molecule has 208 valence electrons. The molecule has 1 atom stereocenters. The number of aryl methyl sites for hydroxylation is 1. The van der Waals surface area contributed by atoms with Gasteiger partial charge < -0.3 is 10.0 Å². The van der Waals surface area contributed by atoms with Gasteiger partial charge in [-0.3, -0.25) is 9.59 Å². The molecule has 0 saturated carbocycles. The van der Waals surface area contributed by atoms with E-state index in [1.165, 1.54) is 0 Å². The highest BCUT2D eigenvalue weighted by Crippen LogP contribution is 2.32. The molecule has 7 nitrogen and oxygen atoms in total. The van der Waals surface area contributed by atoms with Crippen molar-refractivity contribution in [1.82, 2.24) is 5.01 Å². The van der Waals surface area contributed by atoms with Crippen LogP contribution in [-0.4, -0.2) is 46.5 Å². The second kappa shape index (κ2) is 12.4. The van der Waals surface area contributed by atoms with E-state index in [1.807, 2.05) is 62.9 Å². The van der Waals surface area contributed by atoms with E-state index in [2.05, 4.69) is 20.4 Å². The van der Waals surface area contributed by atoms with Crippen LogP contribution in [0.5, 0.6) is 0 Å². The van der Waals surface area contributed by atoms with Gasteiger partial charge in [0, 0.05) is 16.9 Å². The van der Waals surface area contributed by atoms with E-state index in [1.54, 1.807) is 23.2 Å². The molecule has 0 saturated heterocycles. The fourth-order valence-corrected chi connectivity index (χ4v) is 4.42. The molecule has 1 aliphatic heterocycles. The molecule has 0 spiro atoms. The van der Waals surface area contributed by atoms with Crippen molar-refractivity contribution in [3.8, 4) is 0 Å². The summed E-state index contributed by atoms with van der Waals surface area (Å²) in [5, 5.41) is 15.9. The van der Waals surface area contributed by atoms with Gasteiger partial charge in [-0.05, 0) is 48.9 Å². The van der Waals surface area contributed by atoms with Crippen LogP contribution in [0, 0.1) is 17.3 Å². The summed E-state index contributed by atoms with van der Waals surface area (Å²) >= 11 is 0. The first-order valence-electron chi connectivity index (χ1n) is 13.6. The molecule has 39 heavy (non-hydrogen) atoms. The topological polar surface area (TPSA) is 90.3 Å². The highest BCUT2D eigenvalue weighted by Gasteiger charge is 2.32. The van der Waals surface area contributed by atoms with Crippen LogP contribution in [0.25, 0.3) is 0 Å². The Balaban J connectivity index is 1.86. The van der Waals surface area contributed by atoms with Crippen LogP contribution in [0.3, 0.4) is 0 Å². The first kappa shape index (κ1) is 29.8. The third kappa shape index (κ3) is 7.65. The largest absolute Gasteiger partial charge is 0.478 e.